The van der Waals surface area contributed by atoms with Crippen LogP contribution in [0.1, 0.15) is 83.1 Å². The number of carboxylic acid groups (broad SMARTS) is 1. The summed E-state index contributed by atoms with van der Waals surface area (Å²) in [5, 5.41) is 12.6. The lowest BCUT2D eigenvalue weighted by atomic mass is 9.72. The molecule has 2 atom stereocenters. The van der Waals surface area contributed by atoms with E-state index in [0.717, 1.165) is 47.6 Å². The SMILES string of the molecule is C1CC2CCCC(C1)C2.O=C(O)Cn1ccc(-c2nc3ccccc3n(C3CC4CCCC(C3)N4)c2=O)cc1=O. The third-order valence-corrected chi connectivity index (χ3v) is 9.54. The fourth-order valence-electron chi connectivity index (χ4n) is 7.70. The molecule has 8 heteroatoms. The second-order valence-electron chi connectivity index (χ2n) is 12.3. The molecule has 40 heavy (non-hydrogen) atoms. The van der Waals surface area contributed by atoms with E-state index in [1.54, 1.807) is 38.2 Å². The van der Waals surface area contributed by atoms with Crippen LogP contribution in [-0.2, 0) is 11.3 Å². The molecule has 2 aliphatic heterocycles. The summed E-state index contributed by atoms with van der Waals surface area (Å²) in [6.07, 6.45) is 17.5. The molecule has 2 N–H and O–H groups in total. The van der Waals surface area contributed by atoms with Crippen LogP contribution in [0.3, 0.4) is 0 Å². The Morgan fingerprint density at radius 1 is 0.900 bits per heavy atom. The smallest absolute Gasteiger partial charge is 0.323 e. The molecule has 4 heterocycles. The molecule has 2 saturated carbocycles. The van der Waals surface area contributed by atoms with Gasteiger partial charge in [0.05, 0.1) is 11.0 Å². The molecule has 7 rings (SSSR count). The number of aliphatic carboxylic acids is 1. The molecule has 1 aromatic carbocycles. The maximum Gasteiger partial charge on any atom is 0.323 e. The van der Waals surface area contributed by atoms with E-state index in [0.29, 0.717) is 23.2 Å². The van der Waals surface area contributed by atoms with E-state index in [-0.39, 0.29) is 17.3 Å². The van der Waals surface area contributed by atoms with E-state index in [1.807, 2.05) is 28.8 Å². The molecule has 0 amide bonds. The minimum atomic E-state index is -1.10. The molecule has 4 fully saturated rings. The predicted molar refractivity (Wildman–Crippen MR) is 155 cm³/mol. The van der Waals surface area contributed by atoms with Crippen molar-refractivity contribution in [2.24, 2.45) is 11.8 Å². The quantitative estimate of drug-likeness (QED) is 0.472. The number of pyridine rings is 1. The van der Waals surface area contributed by atoms with E-state index in [1.165, 1.54) is 31.5 Å². The Morgan fingerprint density at radius 3 is 2.17 bits per heavy atom. The molecule has 3 aromatic rings. The van der Waals surface area contributed by atoms with Gasteiger partial charge in [0.2, 0.25) is 0 Å². The van der Waals surface area contributed by atoms with E-state index in [4.69, 9.17) is 5.11 Å². The topological polar surface area (TPSA) is 106 Å². The Kier molecular flexibility index (Phi) is 7.87. The van der Waals surface area contributed by atoms with Crippen LogP contribution in [0.5, 0.6) is 0 Å². The number of nitrogens with zero attached hydrogens (tertiary/aromatic N) is 3. The van der Waals surface area contributed by atoms with E-state index < -0.39 is 18.1 Å². The molecule has 0 radical (unpaired) electrons. The maximum absolute atomic E-state index is 13.7. The molecule has 0 spiro atoms. The minimum absolute atomic E-state index is 0.0723. The van der Waals surface area contributed by atoms with Crippen LogP contribution in [0.25, 0.3) is 22.3 Å². The Balaban J connectivity index is 0.000000271. The number of hydrogen-bond acceptors (Lipinski definition) is 5. The Hall–Kier alpha value is -3.26. The third kappa shape index (κ3) is 5.78. The fraction of sp³-hybridized carbons (Fsp3) is 0.562. The molecular weight excluding hydrogens is 504 g/mol. The molecule has 2 aliphatic carbocycles. The van der Waals surface area contributed by atoms with Crippen molar-refractivity contribution in [2.45, 2.75) is 102 Å². The average Bonchev–Trinajstić information content (AvgIpc) is 2.94. The van der Waals surface area contributed by atoms with E-state index in [9.17, 15) is 14.4 Å². The van der Waals surface area contributed by atoms with E-state index >= 15 is 0 Å². The van der Waals surface area contributed by atoms with Gasteiger partial charge in [0, 0.05) is 36.0 Å². The molecular formula is C32H40N4O4. The maximum atomic E-state index is 13.7. The van der Waals surface area contributed by atoms with Gasteiger partial charge in [-0.2, -0.15) is 0 Å². The lowest BCUT2D eigenvalue weighted by Gasteiger charge is -2.41. The van der Waals surface area contributed by atoms with Crippen LogP contribution < -0.4 is 16.4 Å². The first-order valence-corrected chi connectivity index (χ1v) is 15.1. The van der Waals surface area contributed by atoms with Crippen molar-refractivity contribution in [2.75, 3.05) is 0 Å². The zero-order chi connectivity index (χ0) is 27.6. The monoisotopic (exact) mass is 544 g/mol. The average molecular weight is 545 g/mol. The first kappa shape index (κ1) is 26.9. The van der Waals surface area contributed by atoms with Crippen molar-refractivity contribution < 1.29 is 9.90 Å². The zero-order valence-electron chi connectivity index (χ0n) is 23.1. The van der Waals surface area contributed by atoms with Crippen LogP contribution in [0, 0.1) is 11.8 Å². The summed E-state index contributed by atoms with van der Waals surface area (Å²) in [7, 11) is 0. The second-order valence-corrected chi connectivity index (χ2v) is 12.3. The standard InChI is InChI=1S/C23H24N4O4.C9H16/c28-20-10-14(8-9-26(20)13-21(29)30)22-23(31)27(19-7-2-1-6-18(19)25-22)17-11-15-4-3-5-16(12-17)24-15;1-3-8-5-2-6-9(4-1)7-8/h1-2,6-10,15-17,24H,3-5,11-13H2,(H,29,30);8-9H,1-7H2. The third-order valence-electron chi connectivity index (χ3n) is 9.54. The normalized spacial score (nSPS) is 27.4. The number of carbonyl (C=O) groups is 1. The van der Waals surface area contributed by atoms with Crippen LogP contribution in [0.4, 0.5) is 0 Å². The minimum Gasteiger partial charge on any atom is -0.480 e. The number of benzene rings is 1. The Labute approximate surface area is 234 Å². The first-order chi connectivity index (χ1) is 19.4. The largest absolute Gasteiger partial charge is 0.480 e. The van der Waals surface area contributed by atoms with Gasteiger partial charge in [0.25, 0.3) is 11.1 Å². The van der Waals surface area contributed by atoms with Gasteiger partial charge >= 0.3 is 5.97 Å². The summed E-state index contributed by atoms with van der Waals surface area (Å²) in [6.45, 7) is -0.424. The summed E-state index contributed by atoms with van der Waals surface area (Å²) in [5.74, 6) is 1.20. The number of rotatable bonds is 4. The van der Waals surface area contributed by atoms with Crippen molar-refractivity contribution in [1.82, 2.24) is 19.4 Å². The van der Waals surface area contributed by atoms with Gasteiger partial charge in [-0.3, -0.25) is 14.4 Å². The summed E-state index contributed by atoms with van der Waals surface area (Å²) in [5.41, 5.74) is 1.46. The van der Waals surface area contributed by atoms with Crippen LogP contribution >= 0.6 is 0 Å². The molecule has 4 bridgehead atoms. The van der Waals surface area contributed by atoms with Crippen molar-refractivity contribution in [3.8, 4) is 11.3 Å². The highest BCUT2D eigenvalue weighted by atomic mass is 16.4. The van der Waals surface area contributed by atoms with Gasteiger partial charge in [-0.1, -0.05) is 57.1 Å². The lowest BCUT2D eigenvalue weighted by molar-refractivity contribution is -0.137. The highest BCUT2D eigenvalue weighted by Crippen LogP contribution is 2.39. The predicted octanol–water partition coefficient (Wildman–Crippen LogP) is 5.13. The summed E-state index contributed by atoms with van der Waals surface area (Å²) >= 11 is 0. The zero-order valence-corrected chi connectivity index (χ0v) is 23.1. The fourth-order valence-corrected chi connectivity index (χ4v) is 7.70. The van der Waals surface area contributed by atoms with E-state index in [2.05, 4.69) is 10.3 Å². The number of piperidine rings is 2. The molecule has 2 unspecified atom stereocenters. The van der Waals surface area contributed by atoms with Crippen molar-refractivity contribution in [3.05, 3.63) is 63.3 Å². The van der Waals surface area contributed by atoms with Gasteiger partial charge in [0.15, 0.2) is 0 Å². The van der Waals surface area contributed by atoms with Crippen molar-refractivity contribution >= 4 is 17.0 Å². The van der Waals surface area contributed by atoms with Gasteiger partial charge < -0.3 is 19.6 Å². The molecule has 2 aromatic heterocycles. The molecule has 4 aliphatic rings. The molecule has 212 valence electrons. The summed E-state index contributed by atoms with van der Waals surface area (Å²) < 4.78 is 2.96. The number of fused-ring (bicyclic) bond motifs is 5. The van der Waals surface area contributed by atoms with Crippen LogP contribution in [-0.4, -0.2) is 37.3 Å². The highest BCUT2D eigenvalue weighted by molar-refractivity contribution is 5.78. The van der Waals surface area contributed by atoms with Gasteiger partial charge in [-0.15, -0.1) is 0 Å². The van der Waals surface area contributed by atoms with Gasteiger partial charge in [-0.05, 0) is 62.1 Å². The number of aromatic nitrogens is 3. The summed E-state index contributed by atoms with van der Waals surface area (Å²) in [6, 6.07) is 11.4. The Morgan fingerprint density at radius 2 is 1.55 bits per heavy atom. The second kappa shape index (κ2) is 11.7. The number of carboxylic acids is 1. The molecule has 2 saturated heterocycles. The first-order valence-electron chi connectivity index (χ1n) is 15.1. The number of para-hydroxylation sites is 2. The van der Waals surface area contributed by atoms with Gasteiger partial charge in [0.1, 0.15) is 12.2 Å². The Bertz CT molecular complexity index is 1460. The van der Waals surface area contributed by atoms with Crippen molar-refractivity contribution in [1.29, 1.82) is 0 Å². The van der Waals surface area contributed by atoms with Crippen molar-refractivity contribution in [3.63, 3.8) is 0 Å². The number of hydrogen-bond donors (Lipinski definition) is 2. The highest BCUT2D eigenvalue weighted by Gasteiger charge is 2.33. The molecule has 8 nitrogen and oxygen atoms in total. The summed E-state index contributed by atoms with van der Waals surface area (Å²) in [4.78, 5) is 41.6. The lowest BCUT2D eigenvalue weighted by Crippen LogP contribution is -2.50. The number of nitrogens with one attached hydrogen (secondary N) is 1. The van der Waals surface area contributed by atoms with Crippen LogP contribution in [0.15, 0.2) is 52.2 Å². The van der Waals surface area contributed by atoms with Gasteiger partial charge in [-0.25, -0.2) is 4.98 Å². The van der Waals surface area contributed by atoms with Crippen LogP contribution in [0.2, 0.25) is 0 Å².